The summed E-state index contributed by atoms with van der Waals surface area (Å²) in [6.07, 6.45) is 5.24. The number of piperidine rings is 1. The molecule has 2 heterocycles. The van der Waals surface area contributed by atoms with Crippen LogP contribution < -0.4 is 10.6 Å². The first kappa shape index (κ1) is 24.7. The van der Waals surface area contributed by atoms with Crippen LogP contribution in [0.2, 0.25) is 0 Å². The van der Waals surface area contributed by atoms with Crippen LogP contribution in [-0.2, 0) is 14.6 Å². The third-order valence-electron chi connectivity index (χ3n) is 6.38. The second-order valence-electron chi connectivity index (χ2n) is 8.94. The quantitative estimate of drug-likeness (QED) is 0.537. The molecule has 1 aliphatic heterocycles. The summed E-state index contributed by atoms with van der Waals surface area (Å²) < 4.78 is 23.3. The normalized spacial score (nSPS) is 14.6. The number of fused-ring (bicyclic) bond motifs is 1. The maximum Gasteiger partial charge on any atom is 0.319 e. The SMILES string of the molecule is CCC(=O)N1CCC(CNC(=O)Nc2ccc3cc(-c4ccc(S(C)(=O)=O)cc4)cnc3c2)CC1. The molecule has 4 rings (SSSR count). The summed E-state index contributed by atoms with van der Waals surface area (Å²) in [5, 5.41) is 6.71. The van der Waals surface area contributed by atoms with E-state index in [-0.39, 0.29) is 16.8 Å². The number of hydrogen-bond acceptors (Lipinski definition) is 5. The first-order valence-corrected chi connectivity index (χ1v) is 13.6. The average Bonchev–Trinajstić information content (AvgIpc) is 2.86. The van der Waals surface area contributed by atoms with E-state index in [0.29, 0.717) is 24.6 Å². The molecule has 0 unspecified atom stereocenters. The van der Waals surface area contributed by atoms with E-state index in [1.54, 1.807) is 30.5 Å². The molecule has 1 aromatic heterocycles. The molecule has 1 aliphatic rings. The van der Waals surface area contributed by atoms with E-state index < -0.39 is 9.84 Å². The molecule has 0 aliphatic carbocycles. The van der Waals surface area contributed by atoms with Crippen molar-refractivity contribution in [3.05, 3.63) is 54.7 Å². The molecule has 184 valence electrons. The third-order valence-corrected chi connectivity index (χ3v) is 7.51. The summed E-state index contributed by atoms with van der Waals surface area (Å²) in [4.78, 5) is 30.9. The molecule has 3 aromatic rings. The number of carbonyl (C=O) groups excluding carboxylic acids is 2. The molecule has 9 heteroatoms. The molecule has 3 amide bonds. The molecular weight excluding hydrogens is 464 g/mol. The maximum absolute atomic E-state index is 12.4. The Morgan fingerprint density at radius 3 is 2.40 bits per heavy atom. The summed E-state index contributed by atoms with van der Waals surface area (Å²) in [6, 6.07) is 14.0. The molecular formula is C26H30N4O4S. The van der Waals surface area contributed by atoms with Crippen molar-refractivity contribution in [1.82, 2.24) is 15.2 Å². The first-order chi connectivity index (χ1) is 16.7. The van der Waals surface area contributed by atoms with Crippen molar-refractivity contribution in [2.75, 3.05) is 31.2 Å². The van der Waals surface area contributed by atoms with Gasteiger partial charge in [0.1, 0.15) is 0 Å². The zero-order valence-corrected chi connectivity index (χ0v) is 20.8. The summed E-state index contributed by atoms with van der Waals surface area (Å²) in [5.41, 5.74) is 3.14. The van der Waals surface area contributed by atoms with Crippen LogP contribution in [0.15, 0.2) is 59.6 Å². The predicted molar refractivity (Wildman–Crippen MR) is 137 cm³/mol. The van der Waals surface area contributed by atoms with E-state index >= 15 is 0 Å². The van der Waals surface area contributed by atoms with Gasteiger partial charge in [0.2, 0.25) is 5.91 Å². The minimum atomic E-state index is -3.24. The van der Waals surface area contributed by atoms with Crippen LogP contribution in [0.1, 0.15) is 26.2 Å². The monoisotopic (exact) mass is 494 g/mol. The highest BCUT2D eigenvalue weighted by molar-refractivity contribution is 7.90. The van der Waals surface area contributed by atoms with Gasteiger partial charge in [-0.2, -0.15) is 0 Å². The smallest absolute Gasteiger partial charge is 0.319 e. The maximum atomic E-state index is 12.4. The van der Waals surface area contributed by atoms with Crippen molar-refractivity contribution in [1.29, 1.82) is 0 Å². The number of aromatic nitrogens is 1. The first-order valence-electron chi connectivity index (χ1n) is 11.8. The summed E-state index contributed by atoms with van der Waals surface area (Å²) in [6.45, 7) is 3.96. The number of amides is 3. The van der Waals surface area contributed by atoms with Gasteiger partial charge in [0.15, 0.2) is 9.84 Å². The zero-order chi connectivity index (χ0) is 25.0. The number of hydrogen-bond donors (Lipinski definition) is 2. The van der Waals surface area contributed by atoms with Gasteiger partial charge in [-0.05, 0) is 54.7 Å². The standard InChI is InChI=1S/C26H30N4O4S/c1-3-25(31)30-12-10-18(11-13-30)16-28-26(32)29-22-7-4-20-14-21(17-27-24(20)15-22)19-5-8-23(9-6-19)35(2,33)34/h4-9,14-15,17-18H,3,10-13,16H2,1-2H3,(H2,28,29,32). The van der Waals surface area contributed by atoms with E-state index in [4.69, 9.17) is 0 Å². The lowest BCUT2D eigenvalue weighted by Gasteiger charge is -2.31. The minimum absolute atomic E-state index is 0.191. The molecule has 2 N–H and O–H groups in total. The van der Waals surface area contributed by atoms with Crippen LogP contribution in [-0.4, -0.2) is 56.1 Å². The van der Waals surface area contributed by atoms with Crippen LogP contribution in [0.25, 0.3) is 22.0 Å². The van der Waals surface area contributed by atoms with Crippen molar-refractivity contribution in [2.45, 2.75) is 31.1 Å². The number of sulfone groups is 1. The Hall–Kier alpha value is -3.46. The van der Waals surface area contributed by atoms with Crippen molar-refractivity contribution in [2.24, 2.45) is 5.92 Å². The van der Waals surface area contributed by atoms with Crippen molar-refractivity contribution in [3.8, 4) is 11.1 Å². The number of nitrogens with zero attached hydrogens (tertiary/aromatic N) is 2. The van der Waals surface area contributed by atoms with E-state index in [1.165, 1.54) is 6.26 Å². The van der Waals surface area contributed by atoms with Crippen molar-refractivity contribution < 1.29 is 18.0 Å². The molecule has 1 fully saturated rings. The molecule has 0 spiro atoms. The fourth-order valence-corrected chi connectivity index (χ4v) is 4.90. The van der Waals surface area contributed by atoms with Gasteiger partial charge in [0.05, 0.1) is 10.4 Å². The number of rotatable bonds is 6. The van der Waals surface area contributed by atoms with Crippen molar-refractivity contribution in [3.63, 3.8) is 0 Å². The van der Waals surface area contributed by atoms with Crippen LogP contribution >= 0.6 is 0 Å². The Kier molecular flexibility index (Phi) is 7.35. The Bertz CT molecular complexity index is 1330. The summed E-state index contributed by atoms with van der Waals surface area (Å²) in [5.74, 6) is 0.556. The van der Waals surface area contributed by atoms with Crippen molar-refractivity contribution >= 4 is 38.4 Å². The minimum Gasteiger partial charge on any atom is -0.343 e. The lowest BCUT2D eigenvalue weighted by molar-refractivity contribution is -0.132. The fraction of sp³-hybridized carbons (Fsp3) is 0.346. The Balaban J connectivity index is 1.34. The zero-order valence-electron chi connectivity index (χ0n) is 20.0. The van der Waals surface area contributed by atoms with E-state index in [2.05, 4.69) is 15.6 Å². The van der Waals surface area contributed by atoms with Gasteiger partial charge in [0.25, 0.3) is 0 Å². The highest BCUT2D eigenvalue weighted by Crippen LogP contribution is 2.26. The molecule has 0 bridgehead atoms. The molecule has 1 saturated heterocycles. The Labute approximate surface area is 205 Å². The molecule has 8 nitrogen and oxygen atoms in total. The van der Waals surface area contributed by atoms with Gasteiger partial charge < -0.3 is 15.5 Å². The fourth-order valence-electron chi connectivity index (χ4n) is 4.27. The van der Waals surface area contributed by atoms with E-state index in [0.717, 1.165) is 48.0 Å². The molecule has 0 saturated carbocycles. The third kappa shape index (κ3) is 6.16. The number of nitrogens with one attached hydrogen (secondary N) is 2. The van der Waals surface area contributed by atoms with Gasteiger partial charge in [-0.3, -0.25) is 9.78 Å². The lowest BCUT2D eigenvalue weighted by atomic mass is 9.96. The largest absolute Gasteiger partial charge is 0.343 e. The van der Waals surface area contributed by atoms with Gasteiger partial charge in [-0.25, -0.2) is 13.2 Å². The highest BCUT2D eigenvalue weighted by Gasteiger charge is 2.22. The topological polar surface area (TPSA) is 108 Å². The van der Waals surface area contributed by atoms with E-state index in [1.807, 2.05) is 36.1 Å². The number of likely N-dealkylation sites (tertiary alicyclic amines) is 1. The van der Waals surface area contributed by atoms with Crippen LogP contribution in [0.4, 0.5) is 10.5 Å². The van der Waals surface area contributed by atoms with Crippen LogP contribution in [0, 0.1) is 5.92 Å². The number of carbonyl (C=O) groups is 2. The number of benzene rings is 2. The summed E-state index contributed by atoms with van der Waals surface area (Å²) >= 11 is 0. The molecule has 2 aromatic carbocycles. The summed E-state index contributed by atoms with van der Waals surface area (Å²) in [7, 11) is -3.24. The number of urea groups is 1. The Morgan fingerprint density at radius 1 is 1.03 bits per heavy atom. The van der Waals surface area contributed by atoms with Gasteiger partial charge >= 0.3 is 6.03 Å². The van der Waals surface area contributed by atoms with Crippen LogP contribution in [0.5, 0.6) is 0 Å². The highest BCUT2D eigenvalue weighted by atomic mass is 32.2. The predicted octanol–water partition coefficient (Wildman–Crippen LogP) is 4.08. The van der Waals surface area contributed by atoms with Gasteiger partial charge in [0, 0.05) is 55.1 Å². The molecule has 0 radical (unpaired) electrons. The van der Waals surface area contributed by atoms with E-state index in [9.17, 15) is 18.0 Å². The lowest BCUT2D eigenvalue weighted by Crippen LogP contribution is -2.42. The average molecular weight is 495 g/mol. The second kappa shape index (κ2) is 10.4. The van der Waals surface area contributed by atoms with Gasteiger partial charge in [-0.1, -0.05) is 25.1 Å². The van der Waals surface area contributed by atoms with Crippen LogP contribution in [0.3, 0.4) is 0 Å². The Morgan fingerprint density at radius 2 is 1.74 bits per heavy atom. The second-order valence-corrected chi connectivity index (χ2v) is 11.0. The van der Waals surface area contributed by atoms with Gasteiger partial charge in [-0.15, -0.1) is 0 Å². The number of anilines is 1. The molecule has 35 heavy (non-hydrogen) atoms. The number of pyridine rings is 1. The molecule has 0 atom stereocenters.